The lowest BCUT2D eigenvalue weighted by molar-refractivity contribution is 0.0739. The maximum atomic E-state index is 12.6. The van der Waals surface area contributed by atoms with E-state index >= 15 is 0 Å². The van der Waals surface area contributed by atoms with Gasteiger partial charge in [0, 0.05) is 44.3 Å². The molecule has 1 aliphatic carbocycles. The Morgan fingerprint density at radius 1 is 1.06 bits per heavy atom. The number of anilines is 1. The minimum atomic E-state index is -0.459. The van der Waals surface area contributed by atoms with E-state index in [1.807, 2.05) is 12.1 Å². The lowest BCUT2D eigenvalue weighted by Crippen LogP contribution is -2.49. The first-order chi connectivity index (χ1) is 15.2. The summed E-state index contributed by atoms with van der Waals surface area (Å²) >= 11 is 0. The molecule has 0 radical (unpaired) electrons. The van der Waals surface area contributed by atoms with Crippen LogP contribution in [-0.2, 0) is 0 Å². The van der Waals surface area contributed by atoms with E-state index < -0.39 is 5.56 Å². The van der Waals surface area contributed by atoms with Crippen LogP contribution in [0.15, 0.2) is 41.7 Å². The molecular formula is C22H24N6O3. The van der Waals surface area contributed by atoms with Crippen LogP contribution in [0.1, 0.15) is 36.2 Å². The van der Waals surface area contributed by atoms with Gasteiger partial charge in [-0.1, -0.05) is 0 Å². The van der Waals surface area contributed by atoms with Gasteiger partial charge >= 0.3 is 0 Å². The smallest absolute Gasteiger partial charge is 0.279 e. The maximum Gasteiger partial charge on any atom is 0.279 e. The van der Waals surface area contributed by atoms with Gasteiger partial charge in [0.2, 0.25) is 5.88 Å². The Morgan fingerprint density at radius 3 is 2.65 bits per heavy atom. The molecular weight excluding hydrogens is 396 g/mol. The molecule has 0 spiro atoms. The molecule has 1 N–H and O–H groups in total. The fourth-order valence-electron chi connectivity index (χ4n) is 4.30. The molecule has 5 rings (SSSR count). The zero-order valence-corrected chi connectivity index (χ0v) is 17.2. The van der Waals surface area contributed by atoms with Gasteiger partial charge in [-0.2, -0.15) is 0 Å². The predicted molar refractivity (Wildman–Crippen MR) is 115 cm³/mol. The number of aromatic nitrogens is 4. The van der Waals surface area contributed by atoms with Crippen molar-refractivity contribution in [3.8, 4) is 5.88 Å². The number of fused-ring (bicyclic) bond motifs is 1. The third-order valence-corrected chi connectivity index (χ3v) is 6.01. The second-order valence-corrected chi connectivity index (χ2v) is 7.95. The molecule has 0 atom stereocenters. The van der Waals surface area contributed by atoms with Crippen molar-refractivity contribution in [1.29, 1.82) is 0 Å². The molecule has 1 saturated carbocycles. The molecule has 3 heterocycles. The van der Waals surface area contributed by atoms with Gasteiger partial charge in [-0.15, -0.1) is 0 Å². The summed E-state index contributed by atoms with van der Waals surface area (Å²) in [4.78, 5) is 43.6. The highest BCUT2D eigenvalue weighted by Gasteiger charge is 2.25. The lowest BCUT2D eigenvalue weighted by Gasteiger charge is -2.36. The summed E-state index contributed by atoms with van der Waals surface area (Å²) < 4.78 is 6.18. The van der Waals surface area contributed by atoms with E-state index in [1.165, 1.54) is 25.2 Å². The average molecular weight is 420 g/mol. The molecule has 3 aromatic rings. The number of nitrogens with one attached hydrogen (secondary N) is 1. The van der Waals surface area contributed by atoms with Crippen molar-refractivity contribution in [2.75, 3.05) is 31.1 Å². The number of amides is 1. The average Bonchev–Trinajstić information content (AvgIpc) is 3.32. The molecule has 0 bridgehead atoms. The first kappa shape index (κ1) is 19.5. The van der Waals surface area contributed by atoms with E-state index in [1.54, 1.807) is 11.2 Å². The van der Waals surface area contributed by atoms with Crippen LogP contribution in [0.5, 0.6) is 5.88 Å². The maximum absolute atomic E-state index is 12.6. The fourth-order valence-corrected chi connectivity index (χ4v) is 4.30. The molecule has 31 heavy (non-hydrogen) atoms. The highest BCUT2D eigenvalue weighted by molar-refractivity contribution is 5.92. The second-order valence-electron chi connectivity index (χ2n) is 7.95. The van der Waals surface area contributed by atoms with Gasteiger partial charge in [0.05, 0.1) is 10.9 Å². The quantitative estimate of drug-likeness (QED) is 0.688. The third kappa shape index (κ3) is 3.95. The Morgan fingerprint density at radius 2 is 1.87 bits per heavy atom. The number of carbonyl (C=O) groups excluding carboxylic acids is 1. The number of nitrogens with zero attached hydrogens (tertiary/aromatic N) is 5. The van der Waals surface area contributed by atoms with E-state index in [2.05, 4.69) is 30.9 Å². The van der Waals surface area contributed by atoms with Gasteiger partial charge in [-0.3, -0.25) is 9.59 Å². The third-order valence-electron chi connectivity index (χ3n) is 6.01. The number of carbonyl (C=O) groups is 1. The summed E-state index contributed by atoms with van der Waals surface area (Å²) in [7, 11) is 0. The number of piperazine rings is 1. The standard InChI is InChI=1S/C22H24N6O3/c29-20-19(23-7-8-24-20)22(30)28-11-9-27(10-12-28)15-5-6-18-17(13-15)21(26-14-25-18)31-16-3-1-2-4-16/h5-8,13-14,16H,1-4,9-12H2,(H,24,29). The fraction of sp³-hybridized carbons (Fsp3) is 0.409. The van der Waals surface area contributed by atoms with Gasteiger partial charge in [0.1, 0.15) is 12.4 Å². The monoisotopic (exact) mass is 420 g/mol. The number of hydrogen-bond acceptors (Lipinski definition) is 7. The van der Waals surface area contributed by atoms with Crippen LogP contribution in [0.3, 0.4) is 0 Å². The SMILES string of the molecule is O=C(c1ncc[nH]c1=O)N1CCN(c2ccc3ncnc(OC4CCCC4)c3c2)CC1. The Bertz CT molecular complexity index is 1150. The van der Waals surface area contributed by atoms with Crippen LogP contribution in [0.25, 0.3) is 10.9 Å². The molecule has 1 aliphatic heterocycles. The molecule has 9 nitrogen and oxygen atoms in total. The summed E-state index contributed by atoms with van der Waals surface area (Å²) in [5.41, 5.74) is 1.38. The van der Waals surface area contributed by atoms with Crippen molar-refractivity contribution in [3.05, 3.63) is 53.0 Å². The van der Waals surface area contributed by atoms with Crippen LogP contribution in [0.4, 0.5) is 5.69 Å². The van der Waals surface area contributed by atoms with E-state index in [0.717, 1.165) is 29.4 Å². The van der Waals surface area contributed by atoms with Crippen LogP contribution in [-0.4, -0.2) is 63.0 Å². The molecule has 1 amide bonds. The van der Waals surface area contributed by atoms with Gasteiger partial charge in [0.25, 0.3) is 11.5 Å². The van der Waals surface area contributed by atoms with Gasteiger partial charge in [-0.25, -0.2) is 15.0 Å². The van der Waals surface area contributed by atoms with Crippen molar-refractivity contribution in [2.45, 2.75) is 31.8 Å². The molecule has 2 aliphatic rings. The minimum Gasteiger partial charge on any atom is -0.474 e. The molecule has 1 aromatic carbocycles. The van der Waals surface area contributed by atoms with Crippen molar-refractivity contribution >= 4 is 22.5 Å². The van der Waals surface area contributed by atoms with Crippen molar-refractivity contribution in [1.82, 2.24) is 24.8 Å². The van der Waals surface area contributed by atoms with Crippen molar-refractivity contribution in [2.24, 2.45) is 0 Å². The molecule has 1 saturated heterocycles. The molecule has 2 aromatic heterocycles. The first-order valence-corrected chi connectivity index (χ1v) is 10.7. The summed E-state index contributed by atoms with van der Waals surface area (Å²) in [5, 5.41) is 0.908. The van der Waals surface area contributed by atoms with Crippen molar-refractivity contribution < 1.29 is 9.53 Å². The minimum absolute atomic E-state index is 0.0625. The number of H-pyrrole nitrogens is 1. The Hall–Kier alpha value is -3.49. The van der Waals surface area contributed by atoms with Gasteiger partial charge in [-0.05, 0) is 43.9 Å². The zero-order chi connectivity index (χ0) is 21.2. The molecule has 2 fully saturated rings. The highest BCUT2D eigenvalue weighted by Crippen LogP contribution is 2.30. The summed E-state index contributed by atoms with van der Waals surface area (Å²) in [6.07, 6.45) is 9.17. The number of ether oxygens (including phenoxy) is 1. The van der Waals surface area contributed by atoms with Crippen LogP contribution in [0, 0.1) is 0 Å². The molecule has 9 heteroatoms. The molecule has 0 unspecified atom stereocenters. The number of rotatable bonds is 4. The van der Waals surface area contributed by atoms with Gasteiger partial charge in [0.15, 0.2) is 5.69 Å². The largest absolute Gasteiger partial charge is 0.474 e. The topological polar surface area (TPSA) is 104 Å². The Labute approximate surface area is 179 Å². The van der Waals surface area contributed by atoms with Crippen LogP contribution in [0.2, 0.25) is 0 Å². The van der Waals surface area contributed by atoms with Crippen LogP contribution < -0.4 is 15.2 Å². The molecule has 160 valence electrons. The highest BCUT2D eigenvalue weighted by atomic mass is 16.5. The zero-order valence-electron chi connectivity index (χ0n) is 17.2. The number of benzene rings is 1. The normalized spacial score (nSPS) is 17.3. The van der Waals surface area contributed by atoms with E-state index in [9.17, 15) is 9.59 Å². The van der Waals surface area contributed by atoms with Gasteiger partial charge < -0.3 is 19.5 Å². The first-order valence-electron chi connectivity index (χ1n) is 10.7. The Kier molecular flexibility index (Phi) is 5.23. The van der Waals surface area contributed by atoms with E-state index in [-0.39, 0.29) is 17.7 Å². The Balaban J connectivity index is 1.32. The van der Waals surface area contributed by atoms with Crippen molar-refractivity contribution in [3.63, 3.8) is 0 Å². The number of aromatic amines is 1. The predicted octanol–water partition coefficient (Wildman–Crippen LogP) is 2.00. The summed E-state index contributed by atoms with van der Waals surface area (Å²) in [6, 6.07) is 6.09. The number of hydrogen-bond donors (Lipinski definition) is 1. The van der Waals surface area contributed by atoms with Crippen LogP contribution >= 0.6 is 0 Å². The van der Waals surface area contributed by atoms with E-state index in [0.29, 0.717) is 32.1 Å². The summed E-state index contributed by atoms with van der Waals surface area (Å²) in [5.74, 6) is 0.308. The second kappa shape index (κ2) is 8.33. The van der Waals surface area contributed by atoms with E-state index in [4.69, 9.17) is 4.74 Å². The summed E-state index contributed by atoms with van der Waals surface area (Å²) in [6.45, 7) is 2.36. The lowest BCUT2D eigenvalue weighted by atomic mass is 10.1.